The maximum absolute atomic E-state index is 11.7. The van der Waals surface area contributed by atoms with Gasteiger partial charge in [0.15, 0.2) is 6.10 Å². The average molecular weight is 228 g/mol. The van der Waals surface area contributed by atoms with Crippen molar-refractivity contribution in [2.24, 2.45) is 5.92 Å². The molecule has 0 aromatic rings. The molecule has 0 spiro atoms. The normalized spacial score (nSPS) is 18.1. The van der Waals surface area contributed by atoms with E-state index in [1.807, 2.05) is 6.92 Å². The van der Waals surface area contributed by atoms with Crippen LogP contribution < -0.4 is 0 Å². The van der Waals surface area contributed by atoms with Crippen molar-refractivity contribution in [1.82, 2.24) is 0 Å². The van der Waals surface area contributed by atoms with Crippen molar-refractivity contribution in [1.29, 1.82) is 0 Å². The maximum atomic E-state index is 11.7. The van der Waals surface area contributed by atoms with Crippen LogP contribution in [0, 0.1) is 5.92 Å². The fourth-order valence-corrected chi connectivity index (χ4v) is 1.93. The quantitative estimate of drug-likeness (QED) is 0.676. The molecule has 0 aromatic heterocycles. The number of esters is 2. The van der Waals surface area contributed by atoms with Crippen LogP contribution >= 0.6 is 0 Å². The lowest BCUT2D eigenvalue weighted by Gasteiger charge is -2.17. The molecule has 4 heteroatoms. The van der Waals surface area contributed by atoms with Crippen LogP contribution in [0.3, 0.4) is 0 Å². The molecule has 1 aliphatic rings. The van der Waals surface area contributed by atoms with Gasteiger partial charge >= 0.3 is 11.9 Å². The number of carbonyl (C=O) groups excluding carboxylic acids is 2. The summed E-state index contributed by atoms with van der Waals surface area (Å²) in [5.74, 6) is -0.683. The number of rotatable bonds is 5. The Kier molecular flexibility index (Phi) is 5.29. The molecule has 1 aliphatic carbocycles. The van der Waals surface area contributed by atoms with Gasteiger partial charge in [-0.25, -0.2) is 4.79 Å². The highest BCUT2D eigenvalue weighted by molar-refractivity contribution is 5.80. The Labute approximate surface area is 96.3 Å². The van der Waals surface area contributed by atoms with Gasteiger partial charge in [0, 0.05) is 0 Å². The Balaban J connectivity index is 2.42. The third-order valence-corrected chi connectivity index (χ3v) is 2.87. The molecule has 0 aliphatic heterocycles. The molecule has 0 heterocycles. The Morgan fingerprint density at radius 2 is 1.88 bits per heavy atom. The molecule has 1 fully saturated rings. The molecular weight excluding hydrogens is 208 g/mol. The first-order valence-electron chi connectivity index (χ1n) is 6.06. The van der Waals surface area contributed by atoms with Gasteiger partial charge < -0.3 is 9.47 Å². The molecule has 0 N–H and O–H groups in total. The van der Waals surface area contributed by atoms with E-state index < -0.39 is 12.1 Å². The first-order valence-corrected chi connectivity index (χ1v) is 6.06. The van der Waals surface area contributed by atoms with Gasteiger partial charge in [-0.2, -0.15) is 0 Å². The van der Waals surface area contributed by atoms with Crippen molar-refractivity contribution in [2.75, 3.05) is 6.61 Å². The molecule has 0 aromatic carbocycles. The first kappa shape index (κ1) is 13.0. The first-order chi connectivity index (χ1) is 7.69. The van der Waals surface area contributed by atoms with E-state index in [2.05, 4.69) is 0 Å². The van der Waals surface area contributed by atoms with Crippen LogP contribution in [0.15, 0.2) is 0 Å². The van der Waals surface area contributed by atoms with Crippen molar-refractivity contribution < 1.29 is 19.1 Å². The lowest BCUT2D eigenvalue weighted by atomic mass is 10.1. The SMILES string of the molecule is CCOC(=O)C(CC)OC(=O)C1CCCC1. The standard InChI is InChI=1S/C12H20O4/c1-3-10(12(14)15-4-2)16-11(13)9-7-5-6-8-9/h9-10H,3-8H2,1-2H3. The molecule has 0 bridgehead atoms. The smallest absolute Gasteiger partial charge is 0.347 e. The van der Waals surface area contributed by atoms with Crippen LogP contribution in [-0.2, 0) is 19.1 Å². The monoisotopic (exact) mass is 228 g/mol. The summed E-state index contributed by atoms with van der Waals surface area (Å²) >= 11 is 0. The van der Waals surface area contributed by atoms with E-state index in [1.54, 1.807) is 6.92 Å². The van der Waals surface area contributed by atoms with Crippen LogP contribution in [0.2, 0.25) is 0 Å². The molecule has 1 unspecified atom stereocenters. The highest BCUT2D eigenvalue weighted by atomic mass is 16.6. The predicted molar refractivity (Wildman–Crippen MR) is 58.8 cm³/mol. The summed E-state index contributed by atoms with van der Waals surface area (Å²) in [6.07, 6.45) is 3.67. The van der Waals surface area contributed by atoms with Crippen molar-refractivity contribution >= 4 is 11.9 Å². The lowest BCUT2D eigenvalue weighted by Crippen LogP contribution is -2.30. The Morgan fingerprint density at radius 1 is 1.25 bits per heavy atom. The topological polar surface area (TPSA) is 52.6 Å². The largest absolute Gasteiger partial charge is 0.463 e. The van der Waals surface area contributed by atoms with Crippen molar-refractivity contribution in [3.63, 3.8) is 0 Å². The molecule has 92 valence electrons. The summed E-state index contributed by atoms with van der Waals surface area (Å²) in [7, 11) is 0. The molecule has 16 heavy (non-hydrogen) atoms. The minimum atomic E-state index is -0.729. The van der Waals surface area contributed by atoms with E-state index in [9.17, 15) is 9.59 Å². The van der Waals surface area contributed by atoms with Gasteiger partial charge in [0.1, 0.15) is 0 Å². The van der Waals surface area contributed by atoms with Gasteiger partial charge in [-0.15, -0.1) is 0 Å². The van der Waals surface area contributed by atoms with Crippen LogP contribution in [0.1, 0.15) is 46.0 Å². The van der Waals surface area contributed by atoms with Crippen LogP contribution in [0.5, 0.6) is 0 Å². The summed E-state index contributed by atoms with van der Waals surface area (Å²) in [5.41, 5.74) is 0. The van der Waals surface area contributed by atoms with Crippen molar-refractivity contribution in [2.45, 2.75) is 52.1 Å². The summed E-state index contributed by atoms with van der Waals surface area (Å²) in [4.78, 5) is 23.1. The van der Waals surface area contributed by atoms with Crippen LogP contribution in [-0.4, -0.2) is 24.6 Å². The molecule has 1 rings (SSSR count). The Morgan fingerprint density at radius 3 is 2.38 bits per heavy atom. The second-order valence-corrected chi connectivity index (χ2v) is 4.07. The summed E-state index contributed by atoms with van der Waals surface area (Å²) in [6.45, 7) is 3.86. The zero-order chi connectivity index (χ0) is 12.0. The molecule has 0 radical (unpaired) electrons. The summed E-state index contributed by atoms with van der Waals surface area (Å²) in [6, 6.07) is 0. The third-order valence-electron chi connectivity index (χ3n) is 2.87. The van der Waals surface area contributed by atoms with E-state index in [0.29, 0.717) is 13.0 Å². The predicted octanol–water partition coefficient (Wildman–Crippen LogP) is 2.06. The van der Waals surface area contributed by atoms with E-state index in [4.69, 9.17) is 9.47 Å². The van der Waals surface area contributed by atoms with Crippen LogP contribution in [0.25, 0.3) is 0 Å². The van der Waals surface area contributed by atoms with E-state index in [-0.39, 0.29) is 11.9 Å². The van der Waals surface area contributed by atoms with E-state index in [0.717, 1.165) is 25.7 Å². The highest BCUT2D eigenvalue weighted by Crippen LogP contribution is 2.26. The number of hydrogen-bond acceptors (Lipinski definition) is 4. The van der Waals surface area contributed by atoms with Crippen molar-refractivity contribution in [3.05, 3.63) is 0 Å². The van der Waals surface area contributed by atoms with E-state index >= 15 is 0 Å². The summed E-state index contributed by atoms with van der Waals surface area (Å²) < 4.78 is 10.0. The minimum absolute atomic E-state index is 0.0107. The number of hydrogen-bond donors (Lipinski definition) is 0. The van der Waals surface area contributed by atoms with Gasteiger partial charge in [0.05, 0.1) is 12.5 Å². The molecular formula is C12H20O4. The molecule has 0 saturated heterocycles. The molecule has 1 atom stereocenters. The second-order valence-electron chi connectivity index (χ2n) is 4.07. The highest BCUT2D eigenvalue weighted by Gasteiger charge is 2.29. The molecule has 1 saturated carbocycles. The zero-order valence-electron chi connectivity index (χ0n) is 10.0. The Hall–Kier alpha value is -1.06. The van der Waals surface area contributed by atoms with Crippen LogP contribution in [0.4, 0.5) is 0 Å². The van der Waals surface area contributed by atoms with Crippen molar-refractivity contribution in [3.8, 4) is 0 Å². The zero-order valence-corrected chi connectivity index (χ0v) is 10.0. The Bertz CT molecular complexity index is 243. The lowest BCUT2D eigenvalue weighted by molar-refractivity contribution is -0.170. The van der Waals surface area contributed by atoms with E-state index in [1.165, 1.54) is 0 Å². The molecule has 4 nitrogen and oxygen atoms in total. The van der Waals surface area contributed by atoms with Gasteiger partial charge in [-0.3, -0.25) is 4.79 Å². The van der Waals surface area contributed by atoms with Gasteiger partial charge in [0.25, 0.3) is 0 Å². The van der Waals surface area contributed by atoms with Gasteiger partial charge in [0.2, 0.25) is 0 Å². The summed E-state index contributed by atoms with van der Waals surface area (Å²) in [5, 5.41) is 0. The fraction of sp³-hybridized carbons (Fsp3) is 0.833. The minimum Gasteiger partial charge on any atom is -0.463 e. The maximum Gasteiger partial charge on any atom is 0.347 e. The number of ether oxygens (including phenoxy) is 2. The molecule has 0 amide bonds. The van der Waals surface area contributed by atoms with Gasteiger partial charge in [-0.1, -0.05) is 19.8 Å². The van der Waals surface area contributed by atoms with Gasteiger partial charge in [-0.05, 0) is 26.2 Å². The second kappa shape index (κ2) is 6.51. The number of carbonyl (C=O) groups is 2. The third kappa shape index (κ3) is 3.51. The fourth-order valence-electron chi connectivity index (χ4n) is 1.93. The average Bonchev–Trinajstić information content (AvgIpc) is 2.79.